The van der Waals surface area contributed by atoms with Crippen LogP contribution in [0.2, 0.25) is 0 Å². The quantitative estimate of drug-likeness (QED) is 0.827. The van der Waals surface area contributed by atoms with Gasteiger partial charge < -0.3 is 10.2 Å². The van der Waals surface area contributed by atoms with Gasteiger partial charge in [-0.15, -0.1) is 0 Å². The number of benzene rings is 1. The summed E-state index contributed by atoms with van der Waals surface area (Å²) in [5.41, 5.74) is 1.26. The average Bonchev–Trinajstić information content (AvgIpc) is 2.69. The molecule has 1 aliphatic rings. The van der Waals surface area contributed by atoms with Gasteiger partial charge in [-0.25, -0.2) is 4.98 Å². The highest BCUT2D eigenvalue weighted by Crippen LogP contribution is 2.15. The third kappa shape index (κ3) is 5.30. The molecule has 3 rings (SSSR count). The van der Waals surface area contributed by atoms with E-state index in [0.717, 1.165) is 50.9 Å². The summed E-state index contributed by atoms with van der Waals surface area (Å²) in [5.74, 6) is 1.75. The monoisotopic (exact) mass is 351 g/mol. The van der Waals surface area contributed by atoms with Crippen molar-refractivity contribution < 1.29 is 0 Å². The predicted molar refractivity (Wildman–Crippen MR) is 110 cm³/mol. The van der Waals surface area contributed by atoms with E-state index in [1.807, 2.05) is 18.3 Å². The van der Waals surface area contributed by atoms with Gasteiger partial charge in [0.2, 0.25) is 5.95 Å². The minimum Gasteiger partial charge on any atom is -0.354 e. The lowest BCUT2D eigenvalue weighted by atomic mass is 10.2. The molecular weight excluding hydrogens is 322 g/mol. The van der Waals surface area contributed by atoms with Crippen molar-refractivity contribution >= 4 is 17.8 Å². The molecule has 0 amide bonds. The van der Waals surface area contributed by atoms with Crippen LogP contribution in [0.1, 0.15) is 25.8 Å². The molecule has 1 aromatic heterocycles. The van der Waals surface area contributed by atoms with Crippen LogP contribution in [-0.2, 0) is 0 Å². The van der Waals surface area contributed by atoms with E-state index in [4.69, 9.17) is 0 Å². The Morgan fingerprint density at radius 1 is 1.12 bits per heavy atom. The fourth-order valence-electron chi connectivity index (χ4n) is 2.98. The predicted octanol–water partition coefficient (Wildman–Crippen LogP) is 3.52. The molecule has 0 saturated carbocycles. The van der Waals surface area contributed by atoms with Gasteiger partial charge in [0.1, 0.15) is 5.82 Å². The molecule has 1 saturated heterocycles. The Balaban J connectivity index is 1.49. The van der Waals surface area contributed by atoms with E-state index in [2.05, 4.69) is 75.3 Å². The van der Waals surface area contributed by atoms with Gasteiger partial charge in [-0.2, -0.15) is 4.98 Å². The second-order valence-electron chi connectivity index (χ2n) is 6.79. The molecule has 0 aliphatic carbocycles. The van der Waals surface area contributed by atoms with Gasteiger partial charge in [0.05, 0.1) is 0 Å². The molecule has 138 valence electrons. The SMILES string of the molecule is CCC(C)Nc1nccc(N2CCN(C/C=C/c3ccccc3)CC2)n1. The second-order valence-corrected chi connectivity index (χ2v) is 6.79. The Hall–Kier alpha value is -2.40. The summed E-state index contributed by atoms with van der Waals surface area (Å²) in [7, 11) is 0. The van der Waals surface area contributed by atoms with Crippen LogP contribution >= 0.6 is 0 Å². The molecule has 2 aromatic rings. The fourth-order valence-corrected chi connectivity index (χ4v) is 2.98. The molecule has 5 nitrogen and oxygen atoms in total. The van der Waals surface area contributed by atoms with Crippen molar-refractivity contribution in [2.24, 2.45) is 0 Å². The molecule has 1 atom stereocenters. The third-order valence-electron chi connectivity index (χ3n) is 4.80. The van der Waals surface area contributed by atoms with Crippen LogP contribution in [0.4, 0.5) is 11.8 Å². The number of anilines is 2. The summed E-state index contributed by atoms with van der Waals surface area (Å²) in [6.45, 7) is 9.41. The minimum atomic E-state index is 0.387. The molecule has 1 aromatic carbocycles. The Labute approximate surface area is 156 Å². The summed E-state index contributed by atoms with van der Waals surface area (Å²) in [4.78, 5) is 13.9. The second kappa shape index (κ2) is 9.34. The summed E-state index contributed by atoms with van der Waals surface area (Å²) >= 11 is 0. The lowest BCUT2D eigenvalue weighted by Crippen LogP contribution is -2.46. The van der Waals surface area contributed by atoms with Crippen LogP contribution in [0.5, 0.6) is 0 Å². The van der Waals surface area contributed by atoms with Crippen molar-refractivity contribution in [3.05, 3.63) is 54.2 Å². The van der Waals surface area contributed by atoms with Gasteiger partial charge in [-0.05, 0) is 25.0 Å². The molecule has 0 spiro atoms. The fraction of sp³-hybridized carbons (Fsp3) is 0.429. The van der Waals surface area contributed by atoms with E-state index in [1.165, 1.54) is 5.56 Å². The van der Waals surface area contributed by atoms with Crippen molar-refractivity contribution in [2.75, 3.05) is 42.9 Å². The van der Waals surface area contributed by atoms with Crippen LogP contribution in [-0.4, -0.2) is 53.6 Å². The first-order valence-corrected chi connectivity index (χ1v) is 9.53. The van der Waals surface area contributed by atoms with Gasteiger partial charge in [-0.1, -0.05) is 49.4 Å². The molecular formula is C21H29N5. The minimum absolute atomic E-state index is 0.387. The Morgan fingerprint density at radius 2 is 1.88 bits per heavy atom. The maximum atomic E-state index is 4.68. The molecule has 26 heavy (non-hydrogen) atoms. The molecule has 1 unspecified atom stereocenters. The lowest BCUT2D eigenvalue weighted by molar-refractivity contribution is 0.283. The molecule has 1 fully saturated rings. The van der Waals surface area contributed by atoms with Crippen molar-refractivity contribution in [1.29, 1.82) is 0 Å². The number of hydrogen-bond acceptors (Lipinski definition) is 5. The van der Waals surface area contributed by atoms with E-state index in [0.29, 0.717) is 6.04 Å². The topological polar surface area (TPSA) is 44.3 Å². The normalized spacial score (nSPS) is 16.8. The zero-order chi connectivity index (χ0) is 18.2. The average molecular weight is 351 g/mol. The zero-order valence-electron chi connectivity index (χ0n) is 15.8. The standard InChI is InChI=1S/C21H29N5/c1-3-18(2)23-21-22-12-11-20(24-21)26-16-14-25(15-17-26)13-7-10-19-8-5-4-6-9-19/h4-12,18H,3,13-17H2,1-2H3,(H,22,23,24)/b10-7+. The smallest absolute Gasteiger partial charge is 0.224 e. The largest absolute Gasteiger partial charge is 0.354 e. The first kappa shape index (κ1) is 18.4. The maximum Gasteiger partial charge on any atom is 0.224 e. The number of rotatable bonds is 7. The van der Waals surface area contributed by atoms with E-state index < -0.39 is 0 Å². The molecule has 2 heterocycles. The molecule has 0 radical (unpaired) electrons. The van der Waals surface area contributed by atoms with Crippen LogP contribution in [0.3, 0.4) is 0 Å². The summed E-state index contributed by atoms with van der Waals surface area (Å²) in [6, 6.07) is 12.9. The number of hydrogen-bond donors (Lipinski definition) is 1. The van der Waals surface area contributed by atoms with Crippen molar-refractivity contribution in [3.8, 4) is 0 Å². The Kier molecular flexibility index (Phi) is 6.61. The molecule has 1 aliphatic heterocycles. The maximum absolute atomic E-state index is 4.68. The van der Waals surface area contributed by atoms with E-state index >= 15 is 0 Å². The Morgan fingerprint density at radius 3 is 2.62 bits per heavy atom. The number of aromatic nitrogens is 2. The summed E-state index contributed by atoms with van der Waals surface area (Å²) in [5, 5.41) is 3.35. The van der Waals surface area contributed by atoms with Crippen LogP contribution in [0, 0.1) is 0 Å². The van der Waals surface area contributed by atoms with Crippen LogP contribution in [0.25, 0.3) is 6.08 Å². The van der Waals surface area contributed by atoms with Gasteiger partial charge in [0.15, 0.2) is 0 Å². The van der Waals surface area contributed by atoms with Crippen molar-refractivity contribution in [3.63, 3.8) is 0 Å². The highest BCUT2D eigenvalue weighted by Gasteiger charge is 2.17. The molecule has 1 N–H and O–H groups in total. The van der Waals surface area contributed by atoms with Crippen LogP contribution < -0.4 is 10.2 Å². The molecule has 5 heteroatoms. The number of nitrogens with zero attached hydrogens (tertiary/aromatic N) is 4. The number of nitrogens with one attached hydrogen (secondary N) is 1. The van der Waals surface area contributed by atoms with E-state index in [-0.39, 0.29) is 0 Å². The summed E-state index contributed by atoms with van der Waals surface area (Å²) < 4.78 is 0. The highest BCUT2D eigenvalue weighted by atomic mass is 15.3. The Bertz CT molecular complexity index is 693. The van der Waals surface area contributed by atoms with Gasteiger partial charge in [0.25, 0.3) is 0 Å². The van der Waals surface area contributed by atoms with Crippen molar-refractivity contribution in [1.82, 2.24) is 14.9 Å². The van der Waals surface area contributed by atoms with Gasteiger partial charge >= 0.3 is 0 Å². The van der Waals surface area contributed by atoms with Gasteiger partial charge in [-0.3, -0.25) is 4.90 Å². The third-order valence-corrected chi connectivity index (χ3v) is 4.80. The van der Waals surface area contributed by atoms with Crippen LogP contribution in [0.15, 0.2) is 48.7 Å². The lowest BCUT2D eigenvalue weighted by Gasteiger charge is -2.34. The summed E-state index contributed by atoms with van der Waals surface area (Å²) in [6.07, 6.45) is 7.36. The molecule has 0 bridgehead atoms. The van der Waals surface area contributed by atoms with Gasteiger partial charge in [0, 0.05) is 45.0 Å². The first-order chi connectivity index (χ1) is 12.7. The van der Waals surface area contributed by atoms with E-state index in [9.17, 15) is 0 Å². The first-order valence-electron chi connectivity index (χ1n) is 9.53. The van der Waals surface area contributed by atoms with Crippen molar-refractivity contribution in [2.45, 2.75) is 26.3 Å². The number of piperazine rings is 1. The van der Waals surface area contributed by atoms with E-state index in [1.54, 1.807) is 0 Å². The highest BCUT2D eigenvalue weighted by molar-refractivity contribution is 5.49. The zero-order valence-corrected chi connectivity index (χ0v) is 15.8.